The second-order valence-electron chi connectivity index (χ2n) is 3.92. The molecule has 0 aliphatic rings. The Balaban J connectivity index is 2.27. The zero-order valence-electron chi connectivity index (χ0n) is 9.63. The van der Waals surface area contributed by atoms with Gasteiger partial charge in [-0.2, -0.15) is 0 Å². The smallest absolute Gasteiger partial charge is 0.140 e. The van der Waals surface area contributed by atoms with Crippen LogP contribution in [0.3, 0.4) is 0 Å². The number of nitrogens with zero attached hydrogens (tertiary/aromatic N) is 2. The van der Waals surface area contributed by atoms with Crippen molar-refractivity contribution < 1.29 is 0 Å². The number of pyridine rings is 1. The zero-order chi connectivity index (χ0) is 12.0. The molecule has 1 N–H and O–H groups in total. The first kappa shape index (κ1) is 13.7. The summed E-state index contributed by atoms with van der Waals surface area (Å²) in [5.41, 5.74) is 0. The zero-order valence-corrected chi connectivity index (χ0v) is 12.0. The molecule has 0 aromatic carbocycles. The van der Waals surface area contributed by atoms with Crippen LogP contribution in [0.5, 0.6) is 0 Å². The van der Waals surface area contributed by atoms with Crippen LogP contribution in [-0.4, -0.2) is 37.1 Å². The van der Waals surface area contributed by atoms with Gasteiger partial charge in [0.05, 0.1) is 9.50 Å². The molecule has 5 heteroatoms. The first-order chi connectivity index (χ1) is 7.59. The maximum atomic E-state index is 5.81. The van der Waals surface area contributed by atoms with E-state index in [1.165, 1.54) is 6.42 Å². The molecule has 90 valence electrons. The van der Waals surface area contributed by atoms with Crippen molar-refractivity contribution in [2.75, 3.05) is 32.5 Å². The highest BCUT2D eigenvalue weighted by Crippen LogP contribution is 2.22. The monoisotopic (exact) mass is 305 g/mol. The molecule has 1 rings (SSSR count). The lowest BCUT2D eigenvalue weighted by Crippen LogP contribution is -2.14. The summed E-state index contributed by atoms with van der Waals surface area (Å²) in [7, 11) is 4.18. The van der Waals surface area contributed by atoms with Crippen molar-refractivity contribution in [2.24, 2.45) is 0 Å². The normalized spacial score (nSPS) is 10.8. The summed E-state index contributed by atoms with van der Waals surface area (Å²) in [4.78, 5) is 6.40. The van der Waals surface area contributed by atoms with Gasteiger partial charge in [-0.25, -0.2) is 4.98 Å². The van der Waals surface area contributed by atoms with Crippen LogP contribution in [0.4, 0.5) is 5.82 Å². The van der Waals surface area contributed by atoms with Crippen LogP contribution in [-0.2, 0) is 0 Å². The first-order valence-corrected chi connectivity index (χ1v) is 6.46. The molecule has 3 nitrogen and oxygen atoms in total. The van der Waals surface area contributed by atoms with Gasteiger partial charge in [0.2, 0.25) is 0 Å². The maximum absolute atomic E-state index is 5.81. The lowest BCUT2D eigenvalue weighted by atomic mass is 10.3. The Morgan fingerprint density at radius 2 is 2.19 bits per heavy atom. The number of aromatic nitrogens is 1. The third-order valence-corrected chi connectivity index (χ3v) is 2.94. The van der Waals surface area contributed by atoms with E-state index in [1.54, 1.807) is 6.20 Å². The topological polar surface area (TPSA) is 28.2 Å². The number of halogens is 2. The quantitative estimate of drug-likeness (QED) is 0.818. The van der Waals surface area contributed by atoms with Crippen LogP contribution < -0.4 is 5.32 Å². The van der Waals surface area contributed by atoms with Gasteiger partial charge in [0.15, 0.2) is 0 Å². The lowest BCUT2D eigenvalue weighted by molar-refractivity contribution is 0.396. The van der Waals surface area contributed by atoms with Crippen LogP contribution in [0.15, 0.2) is 16.7 Å². The highest BCUT2D eigenvalue weighted by molar-refractivity contribution is 9.10. The fourth-order valence-electron chi connectivity index (χ4n) is 1.30. The van der Waals surface area contributed by atoms with Gasteiger partial charge in [-0.15, -0.1) is 0 Å². The molecule has 0 atom stereocenters. The SMILES string of the molecule is CN(C)CCCCNc1ncc(Cl)cc1Br. The van der Waals surface area contributed by atoms with E-state index in [0.29, 0.717) is 5.02 Å². The van der Waals surface area contributed by atoms with Gasteiger partial charge < -0.3 is 10.2 Å². The molecule has 1 heterocycles. The van der Waals surface area contributed by atoms with Crippen LogP contribution in [0.1, 0.15) is 12.8 Å². The Labute approximate surface area is 110 Å². The summed E-state index contributed by atoms with van der Waals surface area (Å²) in [5, 5.41) is 3.92. The number of rotatable bonds is 6. The first-order valence-electron chi connectivity index (χ1n) is 5.29. The molecular formula is C11H17BrClN3. The summed E-state index contributed by atoms with van der Waals surface area (Å²) < 4.78 is 0.910. The van der Waals surface area contributed by atoms with E-state index in [4.69, 9.17) is 11.6 Å². The second kappa shape index (κ2) is 7.09. The van der Waals surface area contributed by atoms with Crippen molar-refractivity contribution in [3.8, 4) is 0 Å². The fourth-order valence-corrected chi connectivity index (χ4v) is 2.08. The van der Waals surface area contributed by atoms with E-state index in [0.717, 1.165) is 29.8 Å². The molecule has 0 unspecified atom stereocenters. The molecular weight excluding hydrogens is 289 g/mol. The Morgan fingerprint density at radius 1 is 1.44 bits per heavy atom. The largest absolute Gasteiger partial charge is 0.369 e. The molecule has 0 aliphatic carbocycles. The third-order valence-electron chi connectivity index (χ3n) is 2.13. The fraction of sp³-hybridized carbons (Fsp3) is 0.545. The molecule has 16 heavy (non-hydrogen) atoms. The van der Waals surface area contributed by atoms with Crippen LogP contribution in [0, 0.1) is 0 Å². The predicted octanol–water partition coefficient (Wildman–Crippen LogP) is 3.25. The number of hydrogen-bond donors (Lipinski definition) is 1. The van der Waals surface area contributed by atoms with Gasteiger partial charge >= 0.3 is 0 Å². The van der Waals surface area contributed by atoms with E-state index in [1.807, 2.05) is 6.07 Å². The molecule has 0 amide bonds. The number of nitrogens with one attached hydrogen (secondary N) is 1. The molecule has 0 radical (unpaired) electrons. The molecule has 1 aromatic heterocycles. The standard InChI is InChI=1S/C11H17BrClN3/c1-16(2)6-4-3-5-14-11-10(12)7-9(13)8-15-11/h7-8H,3-6H2,1-2H3,(H,14,15). The van der Waals surface area contributed by atoms with E-state index in [2.05, 4.69) is 45.2 Å². The van der Waals surface area contributed by atoms with Crippen LogP contribution in [0.2, 0.25) is 5.02 Å². The minimum Gasteiger partial charge on any atom is -0.369 e. The summed E-state index contributed by atoms with van der Waals surface area (Å²) in [6, 6.07) is 1.84. The number of anilines is 1. The van der Waals surface area contributed by atoms with Gasteiger partial charge in [-0.3, -0.25) is 0 Å². The number of hydrogen-bond acceptors (Lipinski definition) is 3. The summed E-state index contributed by atoms with van der Waals surface area (Å²) >= 11 is 9.23. The van der Waals surface area contributed by atoms with Crippen molar-refractivity contribution in [3.63, 3.8) is 0 Å². The average Bonchev–Trinajstić information content (AvgIpc) is 2.20. The Morgan fingerprint density at radius 3 is 2.81 bits per heavy atom. The summed E-state index contributed by atoms with van der Waals surface area (Å²) in [6.45, 7) is 2.05. The van der Waals surface area contributed by atoms with E-state index >= 15 is 0 Å². The van der Waals surface area contributed by atoms with Gasteiger partial charge in [-0.05, 0) is 55.5 Å². The van der Waals surface area contributed by atoms with Crippen LogP contribution in [0.25, 0.3) is 0 Å². The molecule has 0 bridgehead atoms. The van der Waals surface area contributed by atoms with Gasteiger partial charge in [0.1, 0.15) is 5.82 Å². The molecule has 1 aromatic rings. The van der Waals surface area contributed by atoms with E-state index in [-0.39, 0.29) is 0 Å². The maximum Gasteiger partial charge on any atom is 0.140 e. The highest BCUT2D eigenvalue weighted by atomic mass is 79.9. The van der Waals surface area contributed by atoms with Crippen molar-refractivity contribution in [1.82, 2.24) is 9.88 Å². The summed E-state index contributed by atoms with van der Waals surface area (Å²) in [6.07, 6.45) is 3.97. The average molecular weight is 307 g/mol. The van der Waals surface area contributed by atoms with Gasteiger partial charge in [-0.1, -0.05) is 11.6 Å². The Kier molecular flexibility index (Phi) is 6.09. The second-order valence-corrected chi connectivity index (χ2v) is 5.21. The number of unbranched alkanes of at least 4 members (excludes halogenated alkanes) is 1. The van der Waals surface area contributed by atoms with E-state index in [9.17, 15) is 0 Å². The molecule has 0 spiro atoms. The molecule has 0 saturated carbocycles. The third kappa shape index (κ3) is 5.14. The molecule has 0 aliphatic heterocycles. The van der Waals surface area contributed by atoms with Crippen molar-refractivity contribution in [2.45, 2.75) is 12.8 Å². The minimum atomic E-state index is 0.644. The Bertz CT molecular complexity index is 331. The van der Waals surface area contributed by atoms with Gasteiger partial charge in [0.25, 0.3) is 0 Å². The van der Waals surface area contributed by atoms with Crippen molar-refractivity contribution in [3.05, 3.63) is 21.8 Å². The van der Waals surface area contributed by atoms with Crippen molar-refractivity contribution >= 4 is 33.3 Å². The Hall–Kier alpha value is -0.320. The van der Waals surface area contributed by atoms with Crippen molar-refractivity contribution in [1.29, 1.82) is 0 Å². The lowest BCUT2D eigenvalue weighted by Gasteiger charge is -2.10. The molecule has 0 saturated heterocycles. The summed E-state index contributed by atoms with van der Waals surface area (Å²) in [5.74, 6) is 0.856. The van der Waals surface area contributed by atoms with E-state index < -0.39 is 0 Å². The predicted molar refractivity (Wildman–Crippen MR) is 73.2 cm³/mol. The van der Waals surface area contributed by atoms with Gasteiger partial charge in [0, 0.05) is 12.7 Å². The highest BCUT2D eigenvalue weighted by Gasteiger charge is 2.01. The minimum absolute atomic E-state index is 0.644. The van der Waals surface area contributed by atoms with Crippen LogP contribution >= 0.6 is 27.5 Å². The molecule has 0 fully saturated rings.